The molecule has 1 aliphatic rings. The molecule has 138 valence electrons. The van der Waals surface area contributed by atoms with E-state index in [0.717, 1.165) is 0 Å². The molecule has 3 aromatic carbocycles. The van der Waals surface area contributed by atoms with Crippen molar-refractivity contribution in [1.82, 2.24) is 0 Å². The Hall–Kier alpha value is -2.97. The van der Waals surface area contributed by atoms with E-state index in [0.29, 0.717) is 6.61 Å². The van der Waals surface area contributed by atoms with Crippen molar-refractivity contribution in [1.29, 1.82) is 0 Å². The standard InChI is InChI=1S/C26H24NO/c1-16-11-18-9-10-27(3)26-24(18)22(13-16)20-7-5-6-8-21(20)23-14-17(2)12-19(15-28-4)25(23)26/h5-14H,15H2,1-4H3/q+1. The number of methoxy groups -OCH3 is 1. The van der Waals surface area contributed by atoms with Crippen molar-refractivity contribution in [3.8, 4) is 33.5 Å². The molecule has 28 heavy (non-hydrogen) atoms. The van der Waals surface area contributed by atoms with Gasteiger partial charge in [0.25, 0.3) is 0 Å². The van der Waals surface area contributed by atoms with Crippen LogP contribution < -0.4 is 4.57 Å². The van der Waals surface area contributed by atoms with Gasteiger partial charge in [-0.15, -0.1) is 0 Å². The number of rotatable bonds is 2. The zero-order chi connectivity index (χ0) is 19.4. The van der Waals surface area contributed by atoms with E-state index in [1.54, 1.807) is 7.11 Å². The largest absolute Gasteiger partial charge is 0.380 e. The molecule has 1 aliphatic carbocycles. The maximum Gasteiger partial charge on any atom is 0.221 e. The van der Waals surface area contributed by atoms with Crippen molar-refractivity contribution in [3.63, 3.8) is 0 Å². The molecule has 0 atom stereocenters. The highest BCUT2D eigenvalue weighted by atomic mass is 16.5. The van der Waals surface area contributed by atoms with Gasteiger partial charge in [0.05, 0.1) is 17.6 Å². The van der Waals surface area contributed by atoms with Crippen LogP contribution >= 0.6 is 0 Å². The summed E-state index contributed by atoms with van der Waals surface area (Å²) < 4.78 is 7.88. The van der Waals surface area contributed by atoms with Crippen LogP contribution in [0.1, 0.15) is 16.7 Å². The molecule has 1 aromatic heterocycles. The summed E-state index contributed by atoms with van der Waals surface area (Å²) in [5.74, 6) is 0. The van der Waals surface area contributed by atoms with Gasteiger partial charge in [0, 0.05) is 13.2 Å². The van der Waals surface area contributed by atoms with Gasteiger partial charge in [0.15, 0.2) is 6.20 Å². The first kappa shape index (κ1) is 17.2. The molecule has 0 radical (unpaired) electrons. The van der Waals surface area contributed by atoms with Gasteiger partial charge < -0.3 is 4.74 Å². The maximum atomic E-state index is 5.61. The van der Waals surface area contributed by atoms with E-state index in [9.17, 15) is 0 Å². The van der Waals surface area contributed by atoms with Gasteiger partial charge in [-0.2, -0.15) is 0 Å². The summed E-state index contributed by atoms with van der Waals surface area (Å²) in [4.78, 5) is 0. The number of hydrogen-bond donors (Lipinski definition) is 0. The normalized spacial score (nSPS) is 11.9. The Labute approximate surface area is 166 Å². The fourth-order valence-electron chi connectivity index (χ4n) is 4.74. The van der Waals surface area contributed by atoms with Crippen molar-refractivity contribution in [2.75, 3.05) is 7.11 Å². The number of pyridine rings is 1. The van der Waals surface area contributed by atoms with E-state index in [2.05, 4.69) is 86.3 Å². The van der Waals surface area contributed by atoms with E-state index in [1.807, 2.05) is 0 Å². The zero-order valence-corrected chi connectivity index (χ0v) is 16.8. The minimum absolute atomic E-state index is 0.601. The Kier molecular flexibility index (Phi) is 3.85. The average Bonchev–Trinajstić information content (AvgIpc) is 2.79. The van der Waals surface area contributed by atoms with Gasteiger partial charge in [-0.05, 0) is 52.6 Å². The van der Waals surface area contributed by atoms with E-state index in [1.165, 1.54) is 61.0 Å². The predicted octanol–water partition coefficient (Wildman–Crippen LogP) is 5.74. The van der Waals surface area contributed by atoms with E-state index < -0.39 is 0 Å². The highest BCUT2D eigenvalue weighted by molar-refractivity contribution is 6.12. The third kappa shape index (κ3) is 2.42. The summed E-state index contributed by atoms with van der Waals surface area (Å²) in [6.45, 7) is 4.96. The summed E-state index contributed by atoms with van der Waals surface area (Å²) in [5, 5.41) is 2.61. The molecule has 0 saturated carbocycles. The van der Waals surface area contributed by atoms with Gasteiger partial charge in [0.1, 0.15) is 7.05 Å². The lowest BCUT2D eigenvalue weighted by molar-refractivity contribution is -0.659. The second-order valence-corrected chi connectivity index (χ2v) is 7.88. The fourth-order valence-corrected chi connectivity index (χ4v) is 4.74. The number of ether oxygens (including phenoxy) is 1. The zero-order valence-electron chi connectivity index (χ0n) is 16.8. The maximum absolute atomic E-state index is 5.61. The molecule has 0 N–H and O–H groups in total. The van der Waals surface area contributed by atoms with E-state index >= 15 is 0 Å². The number of aryl methyl sites for hydroxylation is 3. The van der Waals surface area contributed by atoms with Gasteiger partial charge in [-0.3, -0.25) is 0 Å². The minimum Gasteiger partial charge on any atom is -0.380 e. The Morgan fingerprint density at radius 3 is 2.25 bits per heavy atom. The highest BCUT2D eigenvalue weighted by Gasteiger charge is 2.29. The summed E-state index contributed by atoms with van der Waals surface area (Å²) in [6.07, 6.45) is 2.18. The number of benzene rings is 3. The first-order valence-corrected chi connectivity index (χ1v) is 9.74. The van der Waals surface area contributed by atoms with Gasteiger partial charge >= 0.3 is 0 Å². The molecule has 0 saturated heterocycles. The van der Waals surface area contributed by atoms with Crippen LogP contribution in [0.5, 0.6) is 0 Å². The third-order valence-corrected chi connectivity index (χ3v) is 5.79. The molecule has 2 heteroatoms. The van der Waals surface area contributed by atoms with Crippen LogP contribution in [0.4, 0.5) is 0 Å². The van der Waals surface area contributed by atoms with Gasteiger partial charge in [0.2, 0.25) is 5.69 Å². The first-order valence-electron chi connectivity index (χ1n) is 9.74. The Morgan fingerprint density at radius 2 is 1.50 bits per heavy atom. The molecule has 0 aliphatic heterocycles. The molecule has 0 unspecified atom stereocenters. The van der Waals surface area contributed by atoms with Crippen molar-refractivity contribution >= 4 is 10.8 Å². The molecule has 1 heterocycles. The Bertz CT molecular complexity index is 1250. The van der Waals surface area contributed by atoms with Crippen LogP contribution in [0.3, 0.4) is 0 Å². The van der Waals surface area contributed by atoms with Crippen LogP contribution in [-0.2, 0) is 18.4 Å². The first-order chi connectivity index (χ1) is 13.6. The molecule has 5 rings (SSSR count). The van der Waals surface area contributed by atoms with Crippen LogP contribution in [-0.4, -0.2) is 7.11 Å². The smallest absolute Gasteiger partial charge is 0.221 e. The molecule has 2 nitrogen and oxygen atoms in total. The summed E-state index contributed by atoms with van der Waals surface area (Å²) in [5.41, 5.74) is 11.5. The summed E-state index contributed by atoms with van der Waals surface area (Å²) in [6, 6.07) is 20.2. The van der Waals surface area contributed by atoms with Crippen LogP contribution in [0.15, 0.2) is 60.8 Å². The van der Waals surface area contributed by atoms with E-state index in [-0.39, 0.29) is 0 Å². The lowest BCUT2D eigenvalue weighted by Gasteiger charge is -2.15. The van der Waals surface area contributed by atoms with E-state index in [4.69, 9.17) is 4.74 Å². The number of hydrogen-bond acceptors (Lipinski definition) is 1. The molecule has 0 fully saturated rings. The van der Waals surface area contributed by atoms with Gasteiger partial charge in [-0.1, -0.05) is 54.1 Å². The topological polar surface area (TPSA) is 13.1 Å². The molecule has 0 spiro atoms. The highest BCUT2D eigenvalue weighted by Crippen LogP contribution is 2.48. The van der Waals surface area contributed by atoms with Crippen molar-refractivity contribution in [2.45, 2.75) is 20.5 Å². The second-order valence-electron chi connectivity index (χ2n) is 7.88. The molecular formula is C26H24NO+. The lowest BCUT2D eigenvalue weighted by atomic mass is 9.90. The summed E-state index contributed by atoms with van der Waals surface area (Å²) in [7, 11) is 3.92. The predicted molar refractivity (Wildman–Crippen MR) is 115 cm³/mol. The van der Waals surface area contributed by atoms with Crippen LogP contribution in [0, 0.1) is 13.8 Å². The fraction of sp³-hybridized carbons (Fsp3) is 0.192. The Balaban J connectivity index is 2.09. The Morgan fingerprint density at radius 1 is 0.821 bits per heavy atom. The monoisotopic (exact) mass is 366 g/mol. The molecular weight excluding hydrogens is 342 g/mol. The van der Waals surface area contributed by atoms with Crippen LogP contribution in [0.25, 0.3) is 44.3 Å². The van der Waals surface area contributed by atoms with Gasteiger partial charge in [-0.25, -0.2) is 4.57 Å². The lowest BCUT2D eigenvalue weighted by Crippen LogP contribution is -2.31. The minimum atomic E-state index is 0.601. The van der Waals surface area contributed by atoms with Crippen molar-refractivity contribution < 1.29 is 9.30 Å². The molecule has 4 aromatic rings. The van der Waals surface area contributed by atoms with Crippen molar-refractivity contribution in [3.05, 3.63) is 77.5 Å². The second kappa shape index (κ2) is 6.29. The quantitative estimate of drug-likeness (QED) is 0.363. The van der Waals surface area contributed by atoms with Crippen LogP contribution in [0.2, 0.25) is 0 Å². The SMILES string of the molecule is COCc1cc(C)cc2c1-c1c3c(cc(C)cc3cc[n+]1C)-c1ccccc1-2. The number of fused-ring (bicyclic) bond motifs is 5. The number of aromatic nitrogens is 1. The third-order valence-electron chi connectivity index (χ3n) is 5.79. The summed E-state index contributed by atoms with van der Waals surface area (Å²) >= 11 is 0. The number of nitrogens with zero attached hydrogens (tertiary/aromatic N) is 1. The molecule has 0 amide bonds. The van der Waals surface area contributed by atoms with Crippen molar-refractivity contribution in [2.24, 2.45) is 7.05 Å². The molecule has 0 bridgehead atoms. The average molecular weight is 366 g/mol.